The van der Waals surface area contributed by atoms with Gasteiger partial charge in [-0.2, -0.15) is 0 Å². The highest BCUT2D eigenvalue weighted by Crippen LogP contribution is 2.23. The monoisotopic (exact) mass is 318 g/mol. The number of amides is 1. The molecule has 2 N–H and O–H groups in total. The fourth-order valence-electron chi connectivity index (χ4n) is 2.46. The van der Waals surface area contributed by atoms with Crippen LogP contribution in [0.25, 0.3) is 10.9 Å². The molecule has 0 bridgehead atoms. The zero-order valence-corrected chi connectivity index (χ0v) is 15.4. The van der Waals surface area contributed by atoms with Gasteiger partial charge in [0.2, 0.25) is 0 Å². The van der Waals surface area contributed by atoms with Crippen LogP contribution in [0.5, 0.6) is 0 Å². The highest BCUT2D eigenvalue weighted by atomic mass is 16.6. The third-order valence-electron chi connectivity index (χ3n) is 3.30. The number of alkyl carbamates (subject to hydrolysis) is 1. The summed E-state index contributed by atoms with van der Waals surface area (Å²) in [6.07, 6.45) is 0.405. The Labute approximate surface area is 139 Å². The fourth-order valence-corrected chi connectivity index (χ4v) is 2.46. The second-order valence-electron chi connectivity index (χ2n) is 6.53. The van der Waals surface area contributed by atoms with E-state index in [1.165, 1.54) is 10.9 Å². The molecule has 0 saturated carbocycles. The summed E-state index contributed by atoms with van der Waals surface area (Å²) in [5, 5.41) is 4.11. The van der Waals surface area contributed by atoms with Crippen LogP contribution in [0, 0.1) is 6.92 Å². The maximum atomic E-state index is 11.8. The van der Waals surface area contributed by atoms with Crippen molar-refractivity contribution in [3.8, 4) is 0 Å². The molecule has 23 heavy (non-hydrogen) atoms. The molecule has 4 heteroatoms. The zero-order valence-electron chi connectivity index (χ0n) is 15.4. The number of hydrogen-bond donors (Lipinski definition) is 2. The number of rotatable bonds is 3. The molecule has 128 valence electrons. The molecule has 1 aromatic carbocycles. The minimum Gasteiger partial charge on any atom is -0.444 e. The Morgan fingerprint density at radius 2 is 1.87 bits per heavy atom. The summed E-state index contributed by atoms with van der Waals surface area (Å²) in [4.78, 5) is 15.2. The number of para-hydroxylation sites is 1. The molecule has 0 spiro atoms. The highest BCUT2D eigenvalue weighted by Gasteiger charge is 2.19. The lowest BCUT2D eigenvalue weighted by atomic mass is 10.0. The SMILES string of the molecule is CC.Cc1[nH]c2ccccc2c1CC(C)NC(=O)OC(C)(C)C. The molecule has 1 heterocycles. The van der Waals surface area contributed by atoms with Gasteiger partial charge in [0.05, 0.1) is 0 Å². The van der Waals surface area contributed by atoms with Gasteiger partial charge in [-0.1, -0.05) is 32.0 Å². The van der Waals surface area contributed by atoms with Gasteiger partial charge in [-0.25, -0.2) is 4.79 Å². The topological polar surface area (TPSA) is 54.1 Å². The van der Waals surface area contributed by atoms with Crippen LogP contribution in [0.2, 0.25) is 0 Å². The van der Waals surface area contributed by atoms with E-state index in [2.05, 4.69) is 29.4 Å². The Balaban J connectivity index is 0.00000127. The predicted octanol–water partition coefficient (Wildman–Crippen LogP) is 4.96. The van der Waals surface area contributed by atoms with Gasteiger partial charge in [-0.05, 0) is 52.7 Å². The van der Waals surface area contributed by atoms with Crippen LogP contribution in [-0.4, -0.2) is 22.7 Å². The van der Waals surface area contributed by atoms with Crippen molar-refractivity contribution in [3.63, 3.8) is 0 Å². The summed E-state index contributed by atoms with van der Waals surface area (Å²) < 4.78 is 5.29. The van der Waals surface area contributed by atoms with E-state index < -0.39 is 5.60 Å². The van der Waals surface area contributed by atoms with Gasteiger partial charge in [-0.15, -0.1) is 0 Å². The lowest BCUT2D eigenvalue weighted by Crippen LogP contribution is -2.38. The van der Waals surface area contributed by atoms with Gasteiger partial charge >= 0.3 is 6.09 Å². The third-order valence-corrected chi connectivity index (χ3v) is 3.30. The van der Waals surface area contributed by atoms with E-state index in [4.69, 9.17) is 4.74 Å². The molecule has 2 aromatic rings. The maximum absolute atomic E-state index is 11.8. The normalized spacial score (nSPS) is 12.3. The van der Waals surface area contributed by atoms with E-state index in [0.717, 1.165) is 17.6 Å². The molecular weight excluding hydrogens is 288 g/mol. The van der Waals surface area contributed by atoms with Crippen molar-refractivity contribution in [2.24, 2.45) is 0 Å². The number of carbonyl (C=O) groups is 1. The zero-order chi connectivity index (χ0) is 17.6. The lowest BCUT2D eigenvalue weighted by molar-refractivity contribution is 0.0508. The first kappa shape index (κ1) is 19.1. The summed E-state index contributed by atoms with van der Waals surface area (Å²) in [6, 6.07) is 8.24. The maximum Gasteiger partial charge on any atom is 0.407 e. The minimum atomic E-state index is -0.472. The number of carbonyl (C=O) groups excluding carboxylic acids is 1. The van der Waals surface area contributed by atoms with Crippen LogP contribution in [0.15, 0.2) is 24.3 Å². The summed E-state index contributed by atoms with van der Waals surface area (Å²) >= 11 is 0. The van der Waals surface area contributed by atoms with Crippen molar-refractivity contribution in [2.45, 2.75) is 66.5 Å². The minimum absolute atomic E-state index is 0.0118. The molecule has 1 aromatic heterocycles. The average Bonchev–Trinajstić information content (AvgIpc) is 2.75. The van der Waals surface area contributed by atoms with Crippen LogP contribution < -0.4 is 5.32 Å². The quantitative estimate of drug-likeness (QED) is 0.840. The molecule has 4 nitrogen and oxygen atoms in total. The van der Waals surface area contributed by atoms with E-state index >= 15 is 0 Å². The molecule has 1 atom stereocenters. The summed E-state index contributed by atoms with van der Waals surface area (Å²) in [7, 11) is 0. The number of benzene rings is 1. The summed E-state index contributed by atoms with van der Waals surface area (Å²) in [5.74, 6) is 0. The Morgan fingerprint density at radius 3 is 2.48 bits per heavy atom. The van der Waals surface area contributed by atoms with Gasteiger partial charge in [0.25, 0.3) is 0 Å². The molecule has 0 radical (unpaired) electrons. The van der Waals surface area contributed by atoms with Crippen LogP contribution >= 0.6 is 0 Å². The van der Waals surface area contributed by atoms with Crippen molar-refractivity contribution in [2.75, 3.05) is 0 Å². The number of ether oxygens (including phenoxy) is 1. The van der Waals surface area contributed by atoms with Crippen molar-refractivity contribution < 1.29 is 9.53 Å². The van der Waals surface area contributed by atoms with Gasteiger partial charge < -0.3 is 15.0 Å². The van der Waals surface area contributed by atoms with E-state index in [-0.39, 0.29) is 12.1 Å². The summed E-state index contributed by atoms with van der Waals surface area (Å²) in [6.45, 7) is 13.6. The van der Waals surface area contributed by atoms with E-state index in [9.17, 15) is 4.79 Å². The van der Waals surface area contributed by atoms with E-state index in [0.29, 0.717) is 0 Å². The highest BCUT2D eigenvalue weighted by molar-refractivity contribution is 5.84. The average molecular weight is 318 g/mol. The molecule has 0 aliphatic heterocycles. The van der Waals surface area contributed by atoms with Crippen molar-refractivity contribution in [1.82, 2.24) is 10.3 Å². The largest absolute Gasteiger partial charge is 0.444 e. The number of aromatic nitrogens is 1. The number of H-pyrrole nitrogens is 1. The molecule has 0 fully saturated rings. The lowest BCUT2D eigenvalue weighted by Gasteiger charge is -2.22. The number of fused-ring (bicyclic) bond motifs is 1. The molecule has 0 aliphatic carbocycles. The molecule has 2 rings (SSSR count). The summed E-state index contributed by atoms with van der Waals surface area (Å²) in [5.41, 5.74) is 3.05. The Hall–Kier alpha value is -1.97. The predicted molar refractivity (Wildman–Crippen MR) is 96.9 cm³/mol. The number of aromatic amines is 1. The number of aryl methyl sites for hydroxylation is 1. The Bertz CT molecular complexity index is 638. The number of hydrogen-bond acceptors (Lipinski definition) is 2. The van der Waals surface area contributed by atoms with Crippen molar-refractivity contribution >= 4 is 17.0 Å². The first-order valence-electron chi connectivity index (χ1n) is 8.32. The Morgan fingerprint density at radius 1 is 1.26 bits per heavy atom. The first-order chi connectivity index (χ1) is 10.8. The molecule has 1 amide bonds. The van der Waals surface area contributed by atoms with Crippen LogP contribution in [-0.2, 0) is 11.2 Å². The van der Waals surface area contributed by atoms with Gasteiger partial charge in [0.1, 0.15) is 5.60 Å². The standard InChI is InChI=1S/C17H24N2O2.C2H6/c1-11(18-16(20)21-17(3,4)5)10-14-12(2)19-15-9-7-6-8-13(14)15;1-2/h6-9,11,19H,10H2,1-5H3,(H,18,20);1-2H3. The Kier molecular flexibility index (Phi) is 6.67. The van der Waals surface area contributed by atoms with Crippen LogP contribution in [0.1, 0.15) is 52.8 Å². The van der Waals surface area contributed by atoms with Crippen molar-refractivity contribution in [3.05, 3.63) is 35.5 Å². The number of nitrogens with one attached hydrogen (secondary N) is 2. The first-order valence-corrected chi connectivity index (χ1v) is 8.32. The van der Waals surface area contributed by atoms with Gasteiger partial charge in [0.15, 0.2) is 0 Å². The second kappa shape index (κ2) is 8.04. The molecule has 1 unspecified atom stereocenters. The molecular formula is C19H30N2O2. The molecule has 0 saturated heterocycles. The fraction of sp³-hybridized carbons (Fsp3) is 0.526. The van der Waals surface area contributed by atoms with Crippen LogP contribution in [0.4, 0.5) is 4.79 Å². The molecule has 0 aliphatic rings. The van der Waals surface area contributed by atoms with E-state index in [1.807, 2.05) is 53.7 Å². The van der Waals surface area contributed by atoms with E-state index in [1.54, 1.807) is 0 Å². The third kappa shape index (κ3) is 5.62. The van der Waals surface area contributed by atoms with Gasteiger partial charge in [-0.3, -0.25) is 0 Å². The van der Waals surface area contributed by atoms with Crippen LogP contribution in [0.3, 0.4) is 0 Å². The smallest absolute Gasteiger partial charge is 0.407 e. The second-order valence-corrected chi connectivity index (χ2v) is 6.53. The van der Waals surface area contributed by atoms with Crippen molar-refractivity contribution in [1.29, 1.82) is 0 Å². The van der Waals surface area contributed by atoms with Gasteiger partial charge in [0, 0.05) is 22.6 Å².